The molecule has 0 heterocycles. The molecule has 468 valence electrons. The topological polar surface area (TPSA) is 111 Å². The third-order valence-corrected chi connectivity index (χ3v) is 14.6. The first-order valence-electron chi connectivity index (χ1n) is 33.7. The number of hydrogen-bond acceptors (Lipinski definition) is 8. The molecule has 0 N–H and O–H groups in total. The molecule has 0 fully saturated rings. The first kappa shape index (κ1) is 77.5. The van der Waals surface area contributed by atoms with E-state index < -0.39 is 24.3 Å². The van der Waals surface area contributed by atoms with Crippen LogP contribution in [-0.4, -0.2) is 82.3 Å². The summed E-state index contributed by atoms with van der Waals surface area (Å²) >= 11 is 0. The average molecular weight is 1130 g/mol. The fourth-order valence-electron chi connectivity index (χ4n) is 9.48. The van der Waals surface area contributed by atoms with E-state index in [1.165, 1.54) is 180 Å². The number of quaternary nitrogens is 1. The van der Waals surface area contributed by atoms with Crippen molar-refractivity contribution in [3.05, 3.63) is 85.1 Å². The maximum Gasteiger partial charge on any atom is 0.306 e. The number of esters is 2. The Kier molecular flexibility index (Phi) is 59.8. The molecule has 0 saturated heterocycles. The minimum Gasteiger partial charge on any atom is -0.545 e. The second kappa shape index (κ2) is 62.5. The maximum absolute atomic E-state index is 12.9. The summed E-state index contributed by atoms with van der Waals surface area (Å²) in [4.78, 5) is 37.4. The van der Waals surface area contributed by atoms with Crippen molar-refractivity contribution >= 4 is 17.9 Å². The van der Waals surface area contributed by atoms with Crippen molar-refractivity contribution < 1.29 is 42.9 Å². The van der Waals surface area contributed by atoms with E-state index in [1.54, 1.807) is 0 Å². The standard InChI is InChI=1S/C72H127NO8/c1-6-8-10-12-14-16-18-20-22-24-26-28-30-31-32-33-34-35-36-37-38-39-41-43-45-47-49-51-53-55-57-59-61-63-70(75)81-68(67-80-72(71(76)77)78-65-64-73(3,4)5)66-79-69(74)62-60-58-56-54-52-50-48-46-44-42-40-29-27-25-23-21-19-17-15-13-11-9-7-2/h8,10,14,16,19-22,25-28,40,42,68,72H,6-7,9,11-13,15,17-18,23-24,29-39,41,43-67H2,1-5H3/b10-8-,16-14-,21-19-,22-20-,27-25-,28-26-,42-40-. The Hall–Kier alpha value is -3.53. The number of carbonyl (C=O) groups is 3. The molecule has 2 atom stereocenters. The highest BCUT2D eigenvalue weighted by Crippen LogP contribution is 2.17. The van der Waals surface area contributed by atoms with Crippen LogP contribution in [0.2, 0.25) is 0 Å². The molecule has 0 radical (unpaired) electrons. The molecule has 0 aliphatic heterocycles. The van der Waals surface area contributed by atoms with Crippen LogP contribution in [0.3, 0.4) is 0 Å². The van der Waals surface area contributed by atoms with Crippen LogP contribution in [0.1, 0.15) is 296 Å². The number of carbonyl (C=O) groups excluding carboxylic acids is 3. The van der Waals surface area contributed by atoms with Gasteiger partial charge in [0.2, 0.25) is 0 Å². The van der Waals surface area contributed by atoms with Crippen LogP contribution in [0.15, 0.2) is 85.1 Å². The number of aliphatic carboxylic acids is 1. The molecular formula is C72H127NO8. The van der Waals surface area contributed by atoms with E-state index in [1.807, 2.05) is 21.1 Å². The van der Waals surface area contributed by atoms with Gasteiger partial charge in [0.25, 0.3) is 0 Å². The number of unbranched alkanes of at least 4 members (excludes halogenated alkanes) is 33. The second-order valence-electron chi connectivity index (χ2n) is 23.7. The zero-order chi connectivity index (χ0) is 59.1. The number of carboxylic acids is 1. The van der Waals surface area contributed by atoms with Gasteiger partial charge in [0.1, 0.15) is 13.2 Å². The Morgan fingerprint density at radius 2 is 0.704 bits per heavy atom. The monoisotopic (exact) mass is 1130 g/mol. The summed E-state index contributed by atoms with van der Waals surface area (Å²) in [5.41, 5.74) is 0. The van der Waals surface area contributed by atoms with Gasteiger partial charge in [-0.2, -0.15) is 0 Å². The average Bonchev–Trinajstić information content (AvgIpc) is 3.44. The molecule has 0 bridgehead atoms. The minimum absolute atomic E-state index is 0.145. The Bertz CT molecular complexity index is 1600. The van der Waals surface area contributed by atoms with Crippen molar-refractivity contribution in [2.45, 2.75) is 309 Å². The normalized spacial score (nSPS) is 13.2. The van der Waals surface area contributed by atoms with Crippen molar-refractivity contribution in [1.29, 1.82) is 0 Å². The van der Waals surface area contributed by atoms with E-state index in [2.05, 4.69) is 98.9 Å². The van der Waals surface area contributed by atoms with Crippen LogP contribution >= 0.6 is 0 Å². The lowest BCUT2D eigenvalue weighted by Gasteiger charge is -2.26. The molecule has 0 spiro atoms. The summed E-state index contributed by atoms with van der Waals surface area (Å²) in [6, 6.07) is 0. The SMILES string of the molecule is CC/C=C\C/C=C\C/C=C\C/C=C\CCCCCCCCCCCCCCCCCCCCCCC(=O)OC(COC(=O)CCCCCCCCCC/C=C\C/C=C\C/C=C\CCCCCCC)COC(OCC[N+](C)(C)C)C(=O)[O-]. The molecule has 0 aromatic heterocycles. The fourth-order valence-corrected chi connectivity index (χ4v) is 9.48. The summed E-state index contributed by atoms with van der Waals surface area (Å²) in [6.45, 7) is 4.65. The highest BCUT2D eigenvalue weighted by molar-refractivity contribution is 5.70. The maximum atomic E-state index is 12.9. The summed E-state index contributed by atoms with van der Waals surface area (Å²) in [7, 11) is 5.93. The first-order chi connectivity index (χ1) is 39.6. The van der Waals surface area contributed by atoms with Crippen LogP contribution < -0.4 is 5.11 Å². The minimum atomic E-state index is -1.63. The molecule has 0 aromatic carbocycles. The van der Waals surface area contributed by atoms with Crippen LogP contribution in [0.25, 0.3) is 0 Å². The number of likely N-dealkylation sites (N-methyl/N-ethyl adjacent to an activating group) is 1. The van der Waals surface area contributed by atoms with Crippen molar-refractivity contribution in [3.63, 3.8) is 0 Å². The highest BCUT2D eigenvalue weighted by Gasteiger charge is 2.22. The lowest BCUT2D eigenvalue weighted by atomic mass is 10.0. The van der Waals surface area contributed by atoms with Gasteiger partial charge in [-0.25, -0.2) is 0 Å². The Morgan fingerprint density at radius 3 is 1.05 bits per heavy atom. The Morgan fingerprint density at radius 1 is 0.383 bits per heavy atom. The van der Waals surface area contributed by atoms with Gasteiger partial charge in [-0.05, 0) is 89.9 Å². The quantitative estimate of drug-likeness (QED) is 0.0195. The number of carboxylic acid groups (broad SMARTS) is 1. The fraction of sp³-hybridized carbons (Fsp3) is 0.764. The molecule has 9 heteroatoms. The number of nitrogens with zero attached hydrogens (tertiary/aromatic N) is 1. The van der Waals surface area contributed by atoms with Gasteiger partial charge in [0.05, 0.1) is 40.3 Å². The number of ether oxygens (including phenoxy) is 4. The van der Waals surface area contributed by atoms with E-state index in [-0.39, 0.29) is 38.6 Å². The largest absolute Gasteiger partial charge is 0.545 e. The Labute approximate surface area is 500 Å². The third kappa shape index (κ3) is 63.9. The molecule has 0 amide bonds. The summed E-state index contributed by atoms with van der Waals surface area (Å²) < 4.78 is 22.8. The van der Waals surface area contributed by atoms with Gasteiger partial charge >= 0.3 is 11.9 Å². The molecule has 0 aromatic rings. The Balaban J connectivity index is 4.11. The third-order valence-electron chi connectivity index (χ3n) is 14.6. The van der Waals surface area contributed by atoms with E-state index in [4.69, 9.17) is 18.9 Å². The molecule has 0 aliphatic rings. The number of hydrogen-bond donors (Lipinski definition) is 0. The zero-order valence-electron chi connectivity index (χ0n) is 53.4. The van der Waals surface area contributed by atoms with Crippen molar-refractivity contribution in [3.8, 4) is 0 Å². The van der Waals surface area contributed by atoms with Gasteiger partial charge in [-0.1, -0.05) is 279 Å². The van der Waals surface area contributed by atoms with E-state index in [0.717, 1.165) is 83.5 Å². The van der Waals surface area contributed by atoms with Crippen LogP contribution in [0.5, 0.6) is 0 Å². The lowest BCUT2D eigenvalue weighted by molar-refractivity contribution is -0.870. The molecule has 0 aliphatic carbocycles. The predicted octanol–water partition coefficient (Wildman–Crippen LogP) is 19.4. The zero-order valence-corrected chi connectivity index (χ0v) is 53.4. The summed E-state index contributed by atoms with van der Waals surface area (Å²) in [6.07, 6.45) is 80.8. The second-order valence-corrected chi connectivity index (χ2v) is 23.7. The molecule has 0 rings (SSSR count). The van der Waals surface area contributed by atoms with Crippen LogP contribution in [0.4, 0.5) is 0 Å². The van der Waals surface area contributed by atoms with Gasteiger partial charge < -0.3 is 33.3 Å². The van der Waals surface area contributed by atoms with E-state index >= 15 is 0 Å². The highest BCUT2D eigenvalue weighted by atomic mass is 16.7. The van der Waals surface area contributed by atoms with Gasteiger partial charge in [-0.15, -0.1) is 0 Å². The number of rotatable bonds is 62. The van der Waals surface area contributed by atoms with Gasteiger partial charge in [-0.3, -0.25) is 9.59 Å². The molecule has 2 unspecified atom stereocenters. The molecule has 81 heavy (non-hydrogen) atoms. The van der Waals surface area contributed by atoms with Crippen molar-refractivity contribution in [2.75, 3.05) is 47.5 Å². The van der Waals surface area contributed by atoms with Crippen molar-refractivity contribution in [2.24, 2.45) is 0 Å². The first-order valence-corrected chi connectivity index (χ1v) is 33.7. The van der Waals surface area contributed by atoms with Gasteiger partial charge in [0.15, 0.2) is 12.4 Å². The van der Waals surface area contributed by atoms with Crippen LogP contribution in [-0.2, 0) is 33.3 Å². The van der Waals surface area contributed by atoms with E-state index in [0.29, 0.717) is 17.4 Å². The molecule has 0 saturated carbocycles. The molecular weight excluding hydrogens is 1010 g/mol. The van der Waals surface area contributed by atoms with Crippen molar-refractivity contribution in [1.82, 2.24) is 0 Å². The number of allylic oxidation sites excluding steroid dienone is 14. The van der Waals surface area contributed by atoms with E-state index in [9.17, 15) is 19.5 Å². The van der Waals surface area contributed by atoms with Gasteiger partial charge in [0, 0.05) is 12.8 Å². The van der Waals surface area contributed by atoms with Crippen LogP contribution in [0, 0.1) is 0 Å². The summed E-state index contributed by atoms with van der Waals surface area (Å²) in [5, 5.41) is 11.8. The lowest BCUT2D eigenvalue weighted by Crippen LogP contribution is -2.44. The smallest absolute Gasteiger partial charge is 0.306 e. The summed E-state index contributed by atoms with van der Waals surface area (Å²) in [5.74, 6) is -2.28. The molecule has 9 nitrogen and oxygen atoms in total. The predicted molar refractivity (Wildman–Crippen MR) is 343 cm³/mol.